The van der Waals surface area contributed by atoms with Gasteiger partial charge in [0.1, 0.15) is 0 Å². The molecular formula is C8H14N2O3. The van der Waals surface area contributed by atoms with E-state index in [9.17, 15) is 9.70 Å². The highest BCUT2D eigenvalue weighted by Gasteiger charge is 2.43. The molecule has 1 fully saturated rings. The van der Waals surface area contributed by atoms with E-state index in [0.29, 0.717) is 6.54 Å². The van der Waals surface area contributed by atoms with Crippen LogP contribution in [0, 0.1) is 10.3 Å². The number of nitrogens with zero attached hydrogens (tertiary/aromatic N) is 2. The van der Waals surface area contributed by atoms with E-state index in [1.807, 2.05) is 0 Å². The Balaban J connectivity index is 2.80. The van der Waals surface area contributed by atoms with E-state index in [2.05, 4.69) is 5.29 Å². The monoisotopic (exact) mass is 186 g/mol. The van der Waals surface area contributed by atoms with Gasteiger partial charge >= 0.3 is 5.97 Å². The van der Waals surface area contributed by atoms with Gasteiger partial charge in [-0.1, -0.05) is 0 Å². The van der Waals surface area contributed by atoms with Crippen molar-refractivity contribution in [3.05, 3.63) is 4.91 Å². The van der Waals surface area contributed by atoms with E-state index in [1.54, 1.807) is 13.8 Å². The lowest BCUT2D eigenvalue weighted by molar-refractivity contribution is -0.150. The predicted octanol–water partition coefficient (Wildman–Crippen LogP) is 1.24. The van der Waals surface area contributed by atoms with Gasteiger partial charge in [0.05, 0.1) is 16.7 Å². The second-order valence-corrected chi connectivity index (χ2v) is 3.93. The summed E-state index contributed by atoms with van der Waals surface area (Å²) >= 11 is 0. The molecule has 5 heteroatoms. The summed E-state index contributed by atoms with van der Waals surface area (Å²) in [6, 6.07) is -0.262. The Bertz CT molecular complexity index is 227. The van der Waals surface area contributed by atoms with Crippen molar-refractivity contribution in [2.75, 3.05) is 6.54 Å². The first-order chi connectivity index (χ1) is 6.00. The van der Waals surface area contributed by atoms with Crippen molar-refractivity contribution in [1.29, 1.82) is 0 Å². The topological polar surface area (TPSA) is 70.0 Å². The zero-order valence-electron chi connectivity index (χ0n) is 7.86. The third kappa shape index (κ3) is 1.64. The summed E-state index contributed by atoms with van der Waals surface area (Å²) in [6.45, 7) is 3.83. The minimum atomic E-state index is -0.898. The molecule has 0 aliphatic carbocycles. The molecule has 0 aromatic carbocycles. The standard InChI is InChI=1S/C8H14N2O3/c1-8(2,7(11)12)6-4-3-5-10(6)9-13/h6H,3-5H2,1-2H3,(H,11,12). The van der Waals surface area contributed by atoms with Gasteiger partial charge in [0.2, 0.25) is 0 Å². The number of rotatable bonds is 3. The largest absolute Gasteiger partial charge is 0.481 e. The molecule has 0 radical (unpaired) electrons. The van der Waals surface area contributed by atoms with Crippen molar-refractivity contribution < 1.29 is 9.90 Å². The van der Waals surface area contributed by atoms with Crippen LogP contribution >= 0.6 is 0 Å². The van der Waals surface area contributed by atoms with Gasteiger partial charge in [-0.25, -0.2) is 0 Å². The quantitative estimate of drug-likeness (QED) is 0.673. The van der Waals surface area contributed by atoms with Crippen LogP contribution in [0.1, 0.15) is 26.7 Å². The summed E-state index contributed by atoms with van der Waals surface area (Å²) in [4.78, 5) is 21.3. The molecule has 74 valence electrons. The minimum absolute atomic E-state index is 0.262. The van der Waals surface area contributed by atoms with Crippen LogP contribution < -0.4 is 0 Å². The molecule has 0 aromatic rings. The fourth-order valence-electron chi connectivity index (χ4n) is 1.73. The van der Waals surface area contributed by atoms with E-state index in [4.69, 9.17) is 5.11 Å². The Hall–Kier alpha value is -1.13. The van der Waals surface area contributed by atoms with Crippen molar-refractivity contribution in [3.63, 3.8) is 0 Å². The third-order valence-corrected chi connectivity index (χ3v) is 2.71. The zero-order valence-corrected chi connectivity index (χ0v) is 7.86. The lowest BCUT2D eigenvalue weighted by atomic mass is 9.83. The normalized spacial score (nSPS) is 23.2. The maximum atomic E-state index is 10.9. The molecule has 0 aromatic heterocycles. The number of carboxylic acids is 1. The average molecular weight is 186 g/mol. The number of aliphatic carboxylic acids is 1. The van der Waals surface area contributed by atoms with Crippen molar-refractivity contribution in [2.24, 2.45) is 10.7 Å². The van der Waals surface area contributed by atoms with E-state index in [-0.39, 0.29) is 6.04 Å². The van der Waals surface area contributed by atoms with Crippen molar-refractivity contribution in [3.8, 4) is 0 Å². The summed E-state index contributed by atoms with van der Waals surface area (Å²) in [5.74, 6) is -0.881. The van der Waals surface area contributed by atoms with Crippen LogP contribution in [0.3, 0.4) is 0 Å². The van der Waals surface area contributed by atoms with E-state index in [1.165, 1.54) is 5.01 Å². The fourth-order valence-corrected chi connectivity index (χ4v) is 1.73. The van der Waals surface area contributed by atoms with Crippen LogP contribution in [0.2, 0.25) is 0 Å². The molecule has 1 heterocycles. The fraction of sp³-hybridized carbons (Fsp3) is 0.875. The minimum Gasteiger partial charge on any atom is -0.481 e. The molecule has 1 saturated heterocycles. The van der Waals surface area contributed by atoms with E-state index in [0.717, 1.165) is 12.8 Å². The molecule has 1 unspecified atom stereocenters. The maximum Gasteiger partial charge on any atom is 0.311 e. The molecule has 13 heavy (non-hydrogen) atoms. The molecule has 0 spiro atoms. The second kappa shape index (κ2) is 3.32. The summed E-state index contributed by atoms with van der Waals surface area (Å²) in [5, 5.41) is 13.1. The van der Waals surface area contributed by atoms with Crippen LogP contribution in [-0.4, -0.2) is 28.7 Å². The van der Waals surface area contributed by atoms with Crippen LogP contribution in [0.5, 0.6) is 0 Å². The number of hydrogen-bond acceptors (Lipinski definition) is 3. The summed E-state index contributed by atoms with van der Waals surface area (Å²) in [7, 11) is 0. The Labute approximate surface area is 76.7 Å². The van der Waals surface area contributed by atoms with E-state index >= 15 is 0 Å². The lowest BCUT2D eigenvalue weighted by Gasteiger charge is -2.30. The van der Waals surface area contributed by atoms with Crippen LogP contribution in [0.25, 0.3) is 0 Å². The Kier molecular flexibility index (Phi) is 2.54. The van der Waals surface area contributed by atoms with Crippen molar-refractivity contribution in [1.82, 2.24) is 5.01 Å². The smallest absolute Gasteiger partial charge is 0.311 e. The number of hydrogen-bond donors (Lipinski definition) is 1. The van der Waals surface area contributed by atoms with Gasteiger partial charge in [0.15, 0.2) is 0 Å². The Morgan fingerprint density at radius 1 is 1.62 bits per heavy atom. The first kappa shape index (κ1) is 9.95. The molecule has 1 atom stereocenters. The molecule has 1 aliphatic rings. The number of carboxylic acid groups (broad SMARTS) is 1. The third-order valence-electron chi connectivity index (χ3n) is 2.71. The van der Waals surface area contributed by atoms with Crippen molar-refractivity contribution in [2.45, 2.75) is 32.7 Å². The summed E-state index contributed by atoms with van der Waals surface area (Å²) in [5.41, 5.74) is -0.898. The number of nitroso groups, excluding NO2 is 1. The van der Waals surface area contributed by atoms with Gasteiger partial charge in [-0.2, -0.15) is 0 Å². The molecule has 0 saturated carbocycles. The highest BCUT2D eigenvalue weighted by molar-refractivity contribution is 5.74. The maximum absolute atomic E-state index is 10.9. The molecular weight excluding hydrogens is 172 g/mol. The van der Waals surface area contributed by atoms with Gasteiger partial charge in [-0.3, -0.25) is 9.80 Å². The molecule has 5 nitrogen and oxygen atoms in total. The van der Waals surface area contributed by atoms with Crippen LogP contribution in [0.15, 0.2) is 5.29 Å². The van der Waals surface area contributed by atoms with Gasteiger partial charge < -0.3 is 5.11 Å². The van der Waals surface area contributed by atoms with Crippen molar-refractivity contribution >= 4 is 5.97 Å². The SMILES string of the molecule is CC(C)(C(=O)O)C1CCCN1N=O. The molecule has 1 aliphatic heterocycles. The van der Waals surface area contributed by atoms with Gasteiger partial charge in [0, 0.05) is 6.54 Å². The summed E-state index contributed by atoms with van der Waals surface area (Å²) < 4.78 is 0. The highest BCUT2D eigenvalue weighted by atomic mass is 16.4. The average Bonchev–Trinajstić information content (AvgIpc) is 2.51. The van der Waals surface area contributed by atoms with Crippen LogP contribution in [0.4, 0.5) is 0 Å². The Morgan fingerprint density at radius 2 is 2.23 bits per heavy atom. The molecule has 1 N–H and O–H groups in total. The molecule has 1 rings (SSSR count). The summed E-state index contributed by atoms with van der Waals surface area (Å²) in [6.07, 6.45) is 1.57. The number of carbonyl (C=O) groups is 1. The van der Waals surface area contributed by atoms with E-state index < -0.39 is 11.4 Å². The predicted molar refractivity (Wildman–Crippen MR) is 46.9 cm³/mol. The first-order valence-corrected chi connectivity index (χ1v) is 4.33. The van der Waals surface area contributed by atoms with Crippen LogP contribution in [-0.2, 0) is 4.79 Å². The second-order valence-electron chi connectivity index (χ2n) is 3.93. The lowest BCUT2D eigenvalue weighted by Crippen LogP contribution is -2.43. The molecule has 0 amide bonds. The van der Waals surface area contributed by atoms with Gasteiger partial charge in [-0.15, -0.1) is 4.91 Å². The Morgan fingerprint density at radius 3 is 2.69 bits per heavy atom. The van der Waals surface area contributed by atoms with Gasteiger partial charge in [0.25, 0.3) is 0 Å². The first-order valence-electron chi connectivity index (χ1n) is 4.33. The van der Waals surface area contributed by atoms with Gasteiger partial charge in [-0.05, 0) is 26.7 Å². The highest BCUT2D eigenvalue weighted by Crippen LogP contribution is 2.33. The molecule has 0 bridgehead atoms. The zero-order chi connectivity index (χ0) is 10.1.